The van der Waals surface area contributed by atoms with Crippen LogP contribution in [0.3, 0.4) is 0 Å². The molecule has 7 heteroatoms. The number of carbonyl (C=O) groups is 2. The molecule has 0 bridgehead atoms. The van der Waals surface area contributed by atoms with E-state index in [1.165, 1.54) is 26.4 Å². The van der Waals surface area contributed by atoms with E-state index in [-0.39, 0.29) is 24.3 Å². The molecule has 0 aliphatic carbocycles. The van der Waals surface area contributed by atoms with E-state index in [9.17, 15) is 9.59 Å². The number of hydrogen-bond donors (Lipinski definition) is 2. The Kier molecular flexibility index (Phi) is 4.99. The Morgan fingerprint density at radius 3 is 2.32 bits per heavy atom. The molecule has 0 unspecified atom stereocenters. The van der Waals surface area contributed by atoms with Gasteiger partial charge in [0.1, 0.15) is 6.61 Å². The minimum absolute atomic E-state index is 0.100. The van der Waals surface area contributed by atoms with Crippen molar-refractivity contribution in [2.24, 2.45) is 0 Å². The van der Waals surface area contributed by atoms with Crippen LogP contribution in [0, 0.1) is 0 Å². The van der Waals surface area contributed by atoms with Crippen molar-refractivity contribution in [3.05, 3.63) is 17.7 Å². The summed E-state index contributed by atoms with van der Waals surface area (Å²) in [5.74, 6) is -1.03. The molecule has 0 fully saturated rings. The van der Waals surface area contributed by atoms with E-state index in [0.717, 1.165) is 0 Å². The number of hydrogen-bond acceptors (Lipinski definition) is 6. The summed E-state index contributed by atoms with van der Waals surface area (Å²) < 4.78 is 14.9. The molecule has 0 heterocycles. The van der Waals surface area contributed by atoms with Crippen molar-refractivity contribution < 1.29 is 28.9 Å². The summed E-state index contributed by atoms with van der Waals surface area (Å²) in [5.41, 5.74) is 5.97. The molecule has 19 heavy (non-hydrogen) atoms. The summed E-state index contributed by atoms with van der Waals surface area (Å²) in [7, 11) is 2.87. The van der Waals surface area contributed by atoms with Crippen molar-refractivity contribution >= 4 is 17.6 Å². The lowest BCUT2D eigenvalue weighted by Gasteiger charge is -2.11. The van der Waals surface area contributed by atoms with Crippen LogP contribution in [0.1, 0.15) is 16.8 Å². The molecule has 7 nitrogen and oxygen atoms in total. The van der Waals surface area contributed by atoms with Crippen LogP contribution in [0.25, 0.3) is 0 Å². The Morgan fingerprint density at radius 2 is 1.79 bits per heavy atom. The lowest BCUT2D eigenvalue weighted by Crippen LogP contribution is -2.12. The first-order valence-corrected chi connectivity index (χ1v) is 5.40. The van der Waals surface area contributed by atoms with Crippen molar-refractivity contribution in [3.8, 4) is 11.5 Å². The number of anilines is 1. The number of aliphatic carboxylic acids is 1. The van der Waals surface area contributed by atoms with E-state index in [1.54, 1.807) is 0 Å². The largest absolute Gasteiger partial charge is 0.493 e. The van der Waals surface area contributed by atoms with Crippen molar-refractivity contribution in [1.82, 2.24) is 0 Å². The average Bonchev–Trinajstić information content (AvgIpc) is 2.37. The van der Waals surface area contributed by atoms with Crippen LogP contribution in [-0.4, -0.2) is 37.9 Å². The minimum Gasteiger partial charge on any atom is -0.493 e. The minimum atomic E-state index is -1.05. The smallest absolute Gasteiger partial charge is 0.340 e. The summed E-state index contributed by atoms with van der Waals surface area (Å²) in [5, 5.41) is 8.45. The van der Waals surface area contributed by atoms with E-state index < -0.39 is 11.9 Å². The zero-order chi connectivity index (χ0) is 14.4. The van der Waals surface area contributed by atoms with Gasteiger partial charge in [0.05, 0.1) is 31.9 Å². The Labute approximate surface area is 109 Å². The molecule has 1 aromatic rings. The van der Waals surface area contributed by atoms with E-state index in [1.807, 2.05) is 0 Å². The normalized spacial score (nSPS) is 9.79. The van der Waals surface area contributed by atoms with Crippen LogP contribution in [0.15, 0.2) is 12.1 Å². The fourth-order valence-corrected chi connectivity index (χ4v) is 1.38. The number of carboxylic acids is 1. The molecule has 3 N–H and O–H groups in total. The van der Waals surface area contributed by atoms with Gasteiger partial charge >= 0.3 is 11.9 Å². The van der Waals surface area contributed by atoms with Gasteiger partial charge in [-0.15, -0.1) is 0 Å². The lowest BCUT2D eigenvalue weighted by atomic mass is 10.1. The molecule has 0 spiro atoms. The number of methoxy groups -OCH3 is 2. The third-order valence-electron chi connectivity index (χ3n) is 2.32. The maximum Gasteiger partial charge on any atom is 0.340 e. The number of carbonyl (C=O) groups excluding carboxylic acids is 1. The fourth-order valence-electron chi connectivity index (χ4n) is 1.38. The van der Waals surface area contributed by atoms with Gasteiger partial charge in [-0.1, -0.05) is 0 Å². The molecule has 0 aromatic heterocycles. The van der Waals surface area contributed by atoms with Gasteiger partial charge in [0.25, 0.3) is 0 Å². The topological polar surface area (TPSA) is 108 Å². The predicted octanol–water partition coefficient (Wildman–Crippen LogP) is 0.917. The van der Waals surface area contributed by atoms with Gasteiger partial charge in [-0.25, -0.2) is 4.79 Å². The highest BCUT2D eigenvalue weighted by Gasteiger charge is 2.16. The monoisotopic (exact) mass is 269 g/mol. The molecule has 0 aliphatic heterocycles. The number of nitrogens with two attached hydrogens (primary N) is 1. The van der Waals surface area contributed by atoms with Crippen molar-refractivity contribution in [3.63, 3.8) is 0 Å². The second-order valence-electron chi connectivity index (χ2n) is 3.57. The maximum absolute atomic E-state index is 11.7. The Balaban J connectivity index is 2.87. The molecule has 104 valence electrons. The third-order valence-corrected chi connectivity index (χ3v) is 2.32. The van der Waals surface area contributed by atoms with Gasteiger partial charge in [-0.2, -0.15) is 0 Å². The molecular weight excluding hydrogens is 254 g/mol. The van der Waals surface area contributed by atoms with Crippen LogP contribution in [0.5, 0.6) is 11.5 Å². The summed E-state index contributed by atoms with van der Waals surface area (Å²) in [6.07, 6.45) is -0.265. The second-order valence-corrected chi connectivity index (χ2v) is 3.57. The molecule has 0 radical (unpaired) electrons. The Morgan fingerprint density at radius 1 is 1.21 bits per heavy atom. The highest BCUT2D eigenvalue weighted by atomic mass is 16.5. The Hall–Kier alpha value is -2.44. The number of ether oxygens (including phenoxy) is 3. The first-order chi connectivity index (χ1) is 8.99. The molecule has 1 aromatic carbocycles. The highest BCUT2D eigenvalue weighted by Crippen LogP contribution is 2.32. The van der Waals surface area contributed by atoms with Crippen LogP contribution in [0.2, 0.25) is 0 Å². The number of nitrogen functional groups attached to an aromatic ring is 1. The van der Waals surface area contributed by atoms with Crippen molar-refractivity contribution in [1.29, 1.82) is 0 Å². The summed E-state index contributed by atoms with van der Waals surface area (Å²) in [6.45, 7) is -0.220. The van der Waals surface area contributed by atoms with E-state index in [4.69, 9.17) is 25.1 Å². The number of rotatable bonds is 6. The van der Waals surface area contributed by atoms with Gasteiger partial charge in [0.2, 0.25) is 0 Å². The molecule has 0 saturated heterocycles. The van der Waals surface area contributed by atoms with Crippen LogP contribution >= 0.6 is 0 Å². The van der Waals surface area contributed by atoms with Crippen LogP contribution in [-0.2, 0) is 9.53 Å². The summed E-state index contributed by atoms with van der Waals surface area (Å²) in [6, 6.07) is 2.82. The van der Waals surface area contributed by atoms with E-state index in [2.05, 4.69) is 0 Å². The second kappa shape index (κ2) is 6.48. The number of carboxylic acid groups (broad SMARTS) is 1. The van der Waals surface area contributed by atoms with Gasteiger partial charge in [0.15, 0.2) is 11.5 Å². The van der Waals surface area contributed by atoms with Crippen LogP contribution in [0.4, 0.5) is 5.69 Å². The number of esters is 1. The van der Waals surface area contributed by atoms with Crippen molar-refractivity contribution in [2.75, 3.05) is 26.6 Å². The molecule has 0 atom stereocenters. The molecule has 1 rings (SSSR count). The Bertz CT molecular complexity index is 485. The SMILES string of the molecule is COc1cc(N)c(C(=O)OCCC(=O)O)cc1OC. The van der Waals surface area contributed by atoms with Gasteiger partial charge in [-0.05, 0) is 0 Å². The third kappa shape index (κ3) is 3.77. The molecule has 0 aliphatic rings. The quantitative estimate of drug-likeness (QED) is 0.583. The van der Waals surface area contributed by atoms with Crippen molar-refractivity contribution in [2.45, 2.75) is 6.42 Å². The van der Waals surface area contributed by atoms with Crippen LogP contribution < -0.4 is 15.2 Å². The maximum atomic E-state index is 11.7. The van der Waals surface area contributed by atoms with E-state index in [0.29, 0.717) is 11.5 Å². The fraction of sp³-hybridized carbons (Fsp3) is 0.333. The first-order valence-electron chi connectivity index (χ1n) is 5.40. The van der Waals surface area contributed by atoms with E-state index >= 15 is 0 Å². The first kappa shape index (κ1) is 14.6. The van der Waals surface area contributed by atoms with Gasteiger partial charge in [-0.3, -0.25) is 4.79 Å². The van der Waals surface area contributed by atoms with Gasteiger partial charge < -0.3 is 25.1 Å². The molecule has 0 amide bonds. The molecule has 0 saturated carbocycles. The highest BCUT2D eigenvalue weighted by molar-refractivity contribution is 5.96. The van der Waals surface area contributed by atoms with Gasteiger partial charge in [0, 0.05) is 12.1 Å². The standard InChI is InChI=1S/C12H15NO6/c1-17-9-5-7(8(13)6-10(9)18-2)12(16)19-4-3-11(14)15/h5-6H,3-4,13H2,1-2H3,(H,14,15). The summed E-state index contributed by atoms with van der Waals surface area (Å²) in [4.78, 5) is 22.0. The number of benzene rings is 1. The average molecular weight is 269 g/mol. The predicted molar refractivity (Wildman–Crippen MR) is 66.5 cm³/mol. The lowest BCUT2D eigenvalue weighted by molar-refractivity contribution is -0.137. The molecular formula is C12H15NO6. The summed E-state index contributed by atoms with van der Waals surface area (Å²) >= 11 is 0. The zero-order valence-corrected chi connectivity index (χ0v) is 10.6. The zero-order valence-electron chi connectivity index (χ0n) is 10.6.